The van der Waals surface area contributed by atoms with Crippen molar-refractivity contribution in [3.8, 4) is 0 Å². The Bertz CT molecular complexity index is 196. The van der Waals surface area contributed by atoms with E-state index >= 15 is 0 Å². The molecule has 0 saturated heterocycles. The van der Waals surface area contributed by atoms with E-state index in [0.717, 1.165) is 5.00 Å². The van der Waals surface area contributed by atoms with Crippen LogP contribution in [0, 0.1) is 5.41 Å². The third-order valence-corrected chi connectivity index (χ3v) is 1.43. The van der Waals surface area contributed by atoms with Crippen molar-refractivity contribution < 1.29 is 0 Å². The summed E-state index contributed by atoms with van der Waals surface area (Å²) in [5.41, 5.74) is 0. The Hall–Kier alpha value is -0.920. The van der Waals surface area contributed by atoms with E-state index in [-0.39, 0.29) is 0 Å². The van der Waals surface area contributed by atoms with Gasteiger partial charge in [0.25, 0.3) is 0 Å². The first kappa shape index (κ1) is 5.22. The monoisotopic (exact) mass is 124 g/mol. The Morgan fingerprint density at radius 1 is 1.75 bits per heavy atom. The van der Waals surface area contributed by atoms with Crippen LogP contribution in [0.15, 0.2) is 22.5 Å². The summed E-state index contributed by atoms with van der Waals surface area (Å²) in [5, 5.41) is 9.22. The molecule has 0 unspecified atom stereocenters. The van der Waals surface area contributed by atoms with Crippen LogP contribution in [-0.2, 0) is 0 Å². The Morgan fingerprint density at radius 2 is 2.62 bits per heavy atom. The van der Waals surface area contributed by atoms with E-state index in [4.69, 9.17) is 5.41 Å². The van der Waals surface area contributed by atoms with E-state index in [2.05, 4.69) is 4.99 Å². The zero-order valence-corrected chi connectivity index (χ0v) is 4.90. The summed E-state index contributed by atoms with van der Waals surface area (Å²) < 4.78 is 0. The molecule has 0 fully saturated rings. The minimum absolute atomic E-state index is 0.833. The summed E-state index contributed by atoms with van der Waals surface area (Å²) in [6.45, 7) is 0. The lowest BCUT2D eigenvalue weighted by molar-refractivity contribution is 1.53. The van der Waals surface area contributed by atoms with Crippen molar-refractivity contribution in [3.05, 3.63) is 17.5 Å². The summed E-state index contributed by atoms with van der Waals surface area (Å²) in [6, 6.07) is 5.68. The van der Waals surface area contributed by atoms with Gasteiger partial charge in [0.1, 0.15) is 5.00 Å². The van der Waals surface area contributed by atoms with Gasteiger partial charge in [-0.3, -0.25) is 0 Å². The lowest BCUT2D eigenvalue weighted by atomic mass is 10.6. The van der Waals surface area contributed by atoms with Gasteiger partial charge in [0.15, 0.2) is 0 Å². The van der Waals surface area contributed by atoms with Gasteiger partial charge in [-0.1, -0.05) is 0 Å². The maximum Gasteiger partial charge on any atom is 0.127 e. The maximum atomic E-state index is 6.47. The minimum Gasteiger partial charge on any atom is -0.241 e. The SMILES string of the molecule is N=C=Nc1cccs1. The first-order chi connectivity index (χ1) is 3.93. The van der Waals surface area contributed by atoms with Gasteiger partial charge in [0.2, 0.25) is 0 Å². The number of nitrogens with one attached hydrogen (secondary N) is 1. The molecule has 3 heteroatoms. The highest BCUT2D eigenvalue weighted by Crippen LogP contribution is 2.17. The van der Waals surface area contributed by atoms with E-state index in [0.29, 0.717) is 0 Å². The molecule has 0 aliphatic rings. The van der Waals surface area contributed by atoms with Crippen molar-refractivity contribution in [1.82, 2.24) is 0 Å². The van der Waals surface area contributed by atoms with Crippen LogP contribution in [0.5, 0.6) is 0 Å². The minimum atomic E-state index is 0.833. The molecule has 2 nitrogen and oxygen atoms in total. The summed E-state index contributed by atoms with van der Waals surface area (Å²) in [7, 11) is 0. The molecule has 0 spiro atoms. The molecule has 1 heterocycles. The van der Waals surface area contributed by atoms with Gasteiger partial charge in [-0.2, -0.15) is 4.99 Å². The van der Waals surface area contributed by atoms with Gasteiger partial charge in [-0.05, 0) is 17.5 Å². The van der Waals surface area contributed by atoms with Gasteiger partial charge in [-0.15, -0.1) is 11.3 Å². The highest BCUT2D eigenvalue weighted by Gasteiger charge is 1.82. The van der Waals surface area contributed by atoms with Crippen LogP contribution in [0.1, 0.15) is 0 Å². The Morgan fingerprint density at radius 3 is 3.12 bits per heavy atom. The van der Waals surface area contributed by atoms with E-state index in [1.807, 2.05) is 23.5 Å². The van der Waals surface area contributed by atoms with Crippen molar-refractivity contribution in [2.24, 2.45) is 4.99 Å². The Labute approximate surface area is 51.0 Å². The zero-order valence-electron chi connectivity index (χ0n) is 4.09. The smallest absolute Gasteiger partial charge is 0.127 e. The van der Waals surface area contributed by atoms with E-state index in [1.54, 1.807) is 0 Å². The summed E-state index contributed by atoms with van der Waals surface area (Å²) in [4.78, 5) is 3.60. The number of nitrogens with zero attached hydrogens (tertiary/aromatic N) is 1. The first-order valence-electron chi connectivity index (χ1n) is 2.09. The number of rotatable bonds is 1. The van der Waals surface area contributed by atoms with Crippen LogP contribution < -0.4 is 0 Å². The highest BCUT2D eigenvalue weighted by atomic mass is 32.1. The standard InChI is InChI=1S/C5H4N2S/c6-4-7-5-2-1-3-8-5/h1-3,6H. The molecule has 0 radical (unpaired) electrons. The fourth-order valence-electron chi connectivity index (χ4n) is 0.389. The first-order valence-corrected chi connectivity index (χ1v) is 2.97. The van der Waals surface area contributed by atoms with Gasteiger partial charge in [-0.25, -0.2) is 5.41 Å². The van der Waals surface area contributed by atoms with Crippen molar-refractivity contribution in [2.45, 2.75) is 0 Å². The number of aliphatic imine (C=N–C) groups is 1. The van der Waals surface area contributed by atoms with Gasteiger partial charge in [0, 0.05) is 0 Å². The second-order valence-corrected chi connectivity index (χ2v) is 2.10. The Kier molecular flexibility index (Phi) is 1.57. The lowest BCUT2D eigenvalue weighted by Crippen LogP contribution is -1.43. The van der Waals surface area contributed by atoms with Crippen molar-refractivity contribution >= 4 is 22.3 Å². The molecule has 0 aliphatic heterocycles. The Balaban J connectivity index is 2.93. The van der Waals surface area contributed by atoms with E-state index in [9.17, 15) is 0 Å². The topological polar surface area (TPSA) is 36.2 Å². The second kappa shape index (κ2) is 2.40. The quantitative estimate of drug-likeness (QED) is 0.557. The van der Waals surface area contributed by atoms with Crippen LogP contribution in [-0.4, -0.2) is 6.01 Å². The van der Waals surface area contributed by atoms with Crippen LogP contribution in [0.3, 0.4) is 0 Å². The molecular weight excluding hydrogens is 120 g/mol. The number of hydrogen-bond donors (Lipinski definition) is 1. The van der Waals surface area contributed by atoms with Crippen LogP contribution in [0.25, 0.3) is 0 Å². The average molecular weight is 124 g/mol. The van der Waals surface area contributed by atoms with Gasteiger partial charge in [0.05, 0.1) is 6.01 Å². The summed E-state index contributed by atoms with van der Waals surface area (Å²) in [5.74, 6) is 0. The van der Waals surface area contributed by atoms with Crippen LogP contribution >= 0.6 is 11.3 Å². The zero-order chi connectivity index (χ0) is 5.82. The van der Waals surface area contributed by atoms with Crippen LogP contribution in [0.4, 0.5) is 5.00 Å². The molecule has 1 aromatic heterocycles. The lowest BCUT2D eigenvalue weighted by Gasteiger charge is -1.70. The predicted octanol–water partition coefficient (Wildman–Crippen LogP) is 2.13. The van der Waals surface area contributed by atoms with Crippen molar-refractivity contribution in [2.75, 3.05) is 0 Å². The van der Waals surface area contributed by atoms with Crippen LogP contribution in [0.2, 0.25) is 0 Å². The van der Waals surface area contributed by atoms with E-state index in [1.165, 1.54) is 11.3 Å². The second-order valence-electron chi connectivity index (χ2n) is 1.17. The molecule has 0 aliphatic carbocycles. The fourth-order valence-corrected chi connectivity index (χ4v) is 0.941. The van der Waals surface area contributed by atoms with Crippen molar-refractivity contribution in [3.63, 3.8) is 0 Å². The molecule has 1 rings (SSSR count). The van der Waals surface area contributed by atoms with Gasteiger partial charge >= 0.3 is 0 Å². The third-order valence-electron chi connectivity index (χ3n) is 0.672. The molecule has 0 saturated carbocycles. The van der Waals surface area contributed by atoms with Gasteiger partial charge < -0.3 is 0 Å². The molecular formula is C5H4N2S. The molecule has 0 bridgehead atoms. The normalized spacial score (nSPS) is 8.00. The molecule has 0 aromatic carbocycles. The molecule has 1 N–H and O–H groups in total. The largest absolute Gasteiger partial charge is 0.241 e. The molecule has 8 heavy (non-hydrogen) atoms. The third kappa shape index (κ3) is 1.03. The average Bonchev–Trinajstić information content (AvgIpc) is 2.19. The fraction of sp³-hybridized carbons (Fsp3) is 0. The summed E-state index contributed by atoms with van der Waals surface area (Å²) in [6.07, 6.45) is 0. The highest BCUT2D eigenvalue weighted by molar-refractivity contribution is 7.13. The number of hydrogen-bond acceptors (Lipinski definition) is 3. The number of thiophene rings is 1. The molecule has 40 valence electrons. The van der Waals surface area contributed by atoms with Crippen molar-refractivity contribution in [1.29, 1.82) is 5.41 Å². The summed E-state index contributed by atoms with van der Waals surface area (Å²) >= 11 is 1.50. The molecule has 1 aromatic rings. The van der Waals surface area contributed by atoms with E-state index < -0.39 is 0 Å². The molecule has 0 atom stereocenters. The predicted molar refractivity (Wildman–Crippen MR) is 34.1 cm³/mol. The maximum absolute atomic E-state index is 6.47. The molecule has 0 amide bonds.